The normalized spacial score (nSPS) is 10.1. The van der Waals surface area contributed by atoms with Gasteiger partial charge in [0.1, 0.15) is 18.1 Å². The first-order chi connectivity index (χ1) is 9.60. The maximum absolute atomic E-state index is 10.8. The number of nitrogens with zero attached hydrogens (tertiary/aromatic N) is 1. The highest BCUT2D eigenvalue weighted by Gasteiger charge is 2.11. The molecular formula is C14H12ClNO4. The molecule has 0 aliphatic carbocycles. The molecule has 20 heavy (non-hydrogen) atoms. The fourth-order valence-electron chi connectivity index (χ4n) is 1.68. The van der Waals surface area contributed by atoms with Crippen LogP contribution in [0, 0.1) is 10.1 Å². The average Bonchev–Trinajstić information content (AvgIpc) is 2.46. The van der Waals surface area contributed by atoms with Gasteiger partial charge in [0.2, 0.25) is 0 Å². The number of non-ortho nitro benzene ring substituents is 1. The van der Waals surface area contributed by atoms with Gasteiger partial charge in [-0.1, -0.05) is 11.6 Å². The molecule has 0 radical (unpaired) electrons. The van der Waals surface area contributed by atoms with Gasteiger partial charge in [0.05, 0.1) is 12.0 Å². The Hall–Kier alpha value is -2.27. The third-order valence-electron chi connectivity index (χ3n) is 2.68. The number of nitro groups is 1. The molecule has 0 N–H and O–H groups in total. The van der Waals surface area contributed by atoms with E-state index in [-0.39, 0.29) is 12.3 Å². The zero-order valence-electron chi connectivity index (χ0n) is 10.7. The number of hydrogen-bond acceptors (Lipinski definition) is 4. The molecule has 6 heteroatoms. The average molecular weight is 294 g/mol. The van der Waals surface area contributed by atoms with E-state index in [4.69, 9.17) is 21.1 Å². The molecule has 0 unspecified atom stereocenters. The molecule has 2 aromatic carbocycles. The van der Waals surface area contributed by atoms with Gasteiger partial charge in [0, 0.05) is 22.7 Å². The van der Waals surface area contributed by atoms with E-state index in [0.29, 0.717) is 22.1 Å². The van der Waals surface area contributed by atoms with Crippen LogP contribution in [0.1, 0.15) is 5.56 Å². The zero-order valence-corrected chi connectivity index (χ0v) is 11.5. The number of rotatable bonds is 5. The van der Waals surface area contributed by atoms with E-state index >= 15 is 0 Å². The molecule has 104 valence electrons. The quantitative estimate of drug-likeness (QED) is 0.621. The van der Waals surface area contributed by atoms with Crippen molar-refractivity contribution in [2.24, 2.45) is 0 Å². The molecule has 0 saturated heterocycles. The van der Waals surface area contributed by atoms with Gasteiger partial charge in [0.25, 0.3) is 5.69 Å². The molecule has 0 aliphatic heterocycles. The monoisotopic (exact) mass is 293 g/mol. The van der Waals surface area contributed by atoms with Gasteiger partial charge >= 0.3 is 0 Å². The number of benzene rings is 2. The summed E-state index contributed by atoms with van der Waals surface area (Å²) in [6, 6.07) is 11.3. The molecule has 0 atom stereocenters. The summed E-state index contributed by atoms with van der Waals surface area (Å²) in [6.07, 6.45) is 0. The van der Waals surface area contributed by atoms with Crippen molar-refractivity contribution >= 4 is 17.3 Å². The first-order valence-corrected chi connectivity index (χ1v) is 6.17. The Kier molecular flexibility index (Phi) is 4.42. The van der Waals surface area contributed by atoms with E-state index < -0.39 is 4.92 Å². The summed E-state index contributed by atoms with van der Waals surface area (Å²) >= 11 is 5.78. The zero-order chi connectivity index (χ0) is 14.5. The lowest BCUT2D eigenvalue weighted by Crippen LogP contribution is -2.00. The Morgan fingerprint density at radius 3 is 2.50 bits per heavy atom. The van der Waals surface area contributed by atoms with Gasteiger partial charge in [-0.15, -0.1) is 0 Å². The van der Waals surface area contributed by atoms with E-state index in [9.17, 15) is 10.1 Å². The molecule has 0 bridgehead atoms. The minimum Gasteiger partial charge on any atom is -0.496 e. The highest BCUT2D eigenvalue weighted by atomic mass is 35.5. The van der Waals surface area contributed by atoms with E-state index in [1.54, 1.807) is 30.3 Å². The smallest absolute Gasteiger partial charge is 0.270 e. The van der Waals surface area contributed by atoms with E-state index in [1.165, 1.54) is 19.2 Å². The topological polar surface area (TPSA) is 61.6 Å². The van der Waals surface area contributed by atoms with Crippen LogP contribution >= 0.6 is 11.6 Å². The van der Waals surface area contributed by atoms with Crippen molar-refractivity contribution in [2.45, 2.75) is 6.61 Å². The molecule has 0 aromatic heterocycles. The molecule has 0 saturated carbocycles. The first kappa shape index (κ1) is 14.1. The van der Waals surface area contributed by atoms with Gasteiger partial charge in [-0.3, -0.25) is 10.1 Å². The minimum atomic E-state index is -0.453. The highest BCUT2D eigenvalue weighted by Crippen LogP contribution is 2.25. The lowest BCUT2D eigenvalue weighted by atomic mass is 10.2. The lowest BCUT2D eigenvalue weighted by molar-refractivity contribution is -0.385. The molecule has 0 fully saturated rings. The van der Waals surface area contributed by atoms with E-state index in [2.05, 4.69) is 0 Å². The number of methoxy groups -OCH3 is 1. The van der Waals surface area contributed by atoms with Gasteiger partial charge in [-0.2, -0.15) is 0 Å². The van der Waals surface area contributed by atoms with Crippen LogP contribution in [0.25, 0.3) is 0 Å². The number of ether oxygens (including phenoxy) is 2. The van der Waals surface area contributed by atoms with Crippen molar-refractivity contribution in [1.29, 1.82) is 0 Å². The Morgan fingerprint density at radius 2 is 1.90 bits per heavy atom. The van der Waals surface area contributed by atoms with Gasteiger partial charge in [-0.05, 0) is 30.3 Å². The molecule has 0 amide bonds. The second-order valence-corrected chi connectivity index (χ2v) is 4.43. The van der Waals surface area contributed by atoms with Gasteiger partial charge in [-0.25, -0.2) is 0 Å². The van der Waals surface area contributed by atoms with Crippen LogP contribution < -0.4 is 9.47 Å². The maximum atomic E-state index is 10.8. The summed E-state index contributed by atoms with van der Waals surface area (Å²) in [4.78, 5) is 10.3. The van der Waals surface area contributed by atoms with Crippen LogP contribution in [-0.2, 0) is 6.61 Å². The second kappa shape index (κ2) is 6.25. The van der Waals surface area contributed by atoms with E-state index in [0.717, 1.165) is 0 Å². The van der Waals surface area contributed by atoms with Gasteiger partial charge < -0.3 is 9.47 Å². The van der Waals surface area contributed by atoms with Crippen LogP contribution in [0.15, 0.2) is 42.5 Å². The van der Waals surface area contributed by atoms with Crippen molar-refractivity contribution in [3.05, 3.63) is 63.2 Å². The van der Waals surface area contributed by atoms with Crippen LogP contribution in [0.4, 0.5) is 5.69 Å². The third kappa shape index (κ3) is 3.39. The summed E-state index contributed by atoms with van der Waals surface area (Å²) in [7, 11) is 1.51. The van der Waals surface area contributed by atoms with Crippen LogP contribution in [-0.4, -0.2) is 12.0 Å². The van der Waals surface area contributed by atoms with Crippen LogP contribution in [0.2, 0.25) is 5.02 Å². The fraction of sp³-hybridized carbons (Fsp3) is 0.143. The summed E-state index contributed by atoms with van der Waals surface area (Å²) in [5.41, 5.74) is 0.608. The predicted molar refractivity (Wildman–Crippen MR) is 75.4 cm³/mol. The number of nitro benzene ring substituents is 1. The predicted octanol–water partition coefficient (Wildman–Crippen LogP) is 3.84. The Morgan fingerprint density at radius 1 is 1.20 bits per heavy atom. The molecule has 2 rings (SSSR count). The third-order valence-corrected chi connectivity index (χ3v) is 2.93. The lowest BCUT2D eigenvalue weighted by Gasteiger charge is -2.10. The molecule has 5 nitrogen and oxygen atoms in total. The van der Waals surface area contributed by atoms with E-state index in [1.807, 2.05) is 0 Å². The van der Waals surface area contributed by atoms with Crippen LogP contribution in [0.5, 0.6) is 11.5 Å². The number of hydrogen-bond donors (Lipinski definition) is 0. The first-order valence-electron chi connectivity index (χ1n) is 5.80. The minimum absolute atomic E-state index is 0.000469. The molecular weight excluding hydrogens is 282 g/mol. The largest absolute Gasteiger partial charge is 0.496 e. The Labute approximate surface area is 120 Å². The van der Waals surface area contributed by atoms with Gasteiger partial charge in [0.15, 0.2) is 0 Å². The highest BCUT2D eigenvalue weighted by molar-refractivity contribution is 6.30. The number of halogens is 1. The van der Waals surface area contributed by atoms with Crippen molar-refractivity contribution in [2.75, 3.05) is 7.11 Å². The Bertz CT molecular complexity index is 613. The summed E-state index contributed by atoms with van der Waals surface area (Å²) in [6.45, 7) is 0.173. The molecule has 0 heterocycles. The van der Waals surface area contributed by atoms with Crippen molar-refractivity contribution in [1.82, 2.24) is 0 Å². The second-order valence-electron chi connectivity index (χ2n) is 4.00. The Balaban J connectivity index is 2.16. The maximum Gasteiger partial charge on any atom is 0.270 e. The molecule has 0 spiro atoms. The summed E-state index contributed by atoms with van der Waals surface area (Å²) in [5, 5.41) is 11.4. The molecule has 0 aliphatic rings. The fourth-order valence-corrected chi connectivity index (χ4v) is 1.81. The van der Waals surface area contributed by atoms with Crippen molar-refractivity contribution in [3.63, 3.8) is 0 Å². The van der Waals surface area contributed by atoms with Crippen LogP contribution in [0.3, 0.4) is 0 Å². The summed E-state index contributed by atoms with van der Waals surface area (Å²) in [5.74, 6) is 1.17. The van der Waals surface area contributed by atoms with Crippen molar-refractivity contribution < 1.29 is 14.4 Å². The van der Waals surface area contributed by atoms with Crippen molar-refractivity contribution in [3.8, 4) is 11.5 Å². The summed E-state index contributed by atoms with van der Waals surface area (Å²) < 4.78 is 10.7. The SMILES string of the molecule is COc1ccc([N+](=O)[O-])cc1COc1ccc(Cl)cc1. The molecule has 2 aromatic rings. The standard InChI is InChI=1S/C14H12ClNO4/c1-19-14-7-4-12(16(17)18)8-10(14)9-20-13-5-2-11(15)3-6-13/h2-8H,9H2,1H3.